The quantitative estimate of drug-likeness (QED) is 0.727. The first kappa shape index (κ1) is 21.1. The van der Waals surface area contributed by atoms with Crippen LogP contribution in [0, 0.1) is 0 Å². The fourth-order valence-electron chi connectivity index (χ4n) is 4.61. The van der Waals surface area contributed by atoms with E-state index >= 15 is 0 Å². The molecule has 2 aliphatic rings. The number of carbonyl (C=O) groups excluding carboxylic acids is 1. The number of nitrogens with zero attached hydrogens (tertiary/aromatic N) is 2. The fraction of sp³-hybridized carbons (Fsp3) is 0.364. The minimum atomic E-state index is -2.09. The summed E-state index contributed by atoms with van der Waals surface area (Å²) in [5.41, 5.74) is -1.41. The number of benzene rings is 2. The van der Waals surface area contributed by atoms with E-state index in [-0.39, 0.29) is 32.8 Å². The van der Waals surface area contributed by atoms with Crippen molar-refractivity contribution < 1.29 is 19.8 Å². The van der Waals surface area contributed by atoms with E-state index in [9.17, 15) is 19.8 Å². The van der Waals surface area contributed by atoms with Gasteiger partial charge in [-0.15, -0.1) is 0 Å². The topological polar surface area (TPSA) is 81.1 Å². The molecule has 2 aromatic carbocycles. The smallest absolute Gasteiger partial charge is 0.335 e. The van der Waals surface area contributed by atoms with Gasteiger partial charge in [-0.25, -0.2) is 4.79 Å². The molecule has 0 radical (unpaired) electrons. The molecular formula is C22H22Cl2N2O4. The van der Waals surface area contributed by atoms with Crippen LogP contribution >= 0.6 is 23.2 Å². The fourth-order valence-corrected chi connectivity index (χ4v) is 5.24. The molecule has 8 heteroatoms. The maximum atomic E-state index is 13.6. The summed E-state index contributed by atoms with van der Waals surface area (Å²) in [6.45, 7) is 4.20. The number of halogens is 2. The first-order chi connectivity index (χ1) is 14.3. The molecule has 2 unspecified atom stereocenters. The number of likely N-dealkylation sites (N-methyl/N-ethyl adjacent to an activating group) is 1. The molecule has 2 aliphatic heterocycles. The summed E-state index contributed by atoms with van der Waals surface area (Å²) >= 11 is 12.8. The summed E-state index contributed by atoms with van der Waals surface area (Å²) in [6.07, 6.45) is 1.95. The van der Waals surface area contributed by atoms with E-state index in [4.69, 9.17) is 23.2 Å². The number of amides is 1. The van der Waals surface area contributed by atoms with Crippen LogP contribution in [0.25, 0.3) is 0 Å². The summed E-state index contributed by atoms with van der Waals surface area (Å²) < 4.78 is 0. The van der Waals surface area contributed by atoms with Crippen LogP contribution in [0.3, 0.4) is 0 Å². The second-order valence-electron chi connectivity index (χ2n) is 7.69. The lowest BCUT2D eigenvalue weighted by Gasteiger charge is -2.29. The zero-order valence-electron chi connectivity index (χ0n) is 16.4. The van der Waals surface area contributed by atoms with Crippen LogP contribution in [0.2, 0.25) is 10.0 Å². The zero-order valence-corrected chi connectivity index (χ0v) is 18.0. The van der Waals surface area contributed by atoms with Gasteiger partial charge in [-0.05, 0) is 44.1 Å². The number of hydrogen-bond acceptors (Lipinski definition) is 4. The third-order valence-corrected chi connectivity index (χ3v) is 6.71. The van der Waals surface area contributed by atoms with Crippen molar-refractivity contribution >= 4 is 40.8 Å². The molecule has 0 saturated carbocycles. The molecular weight excluding hydrogens is 427 g/mol. The van der Waals surface area contributed by atoms with Gasteiger partial charge in [-0.2, -0.15) is 0 Å². The van der Waals surface area contributed by atoms with Crippen LogP contribution < -0.4 is 4.90 Å². The number of rotatable bonds is 5. The van der Waals surface area contributed by atoms with Crippen molar-refractivity contribution in [3.8, 4) is 0 Å². The molecule has 1 amide bonds. The third kappa shape index (κ3) is 3.19. The molecule has 4 rings (SSSR count). The van der Waals surface area contributed by atoms with Gasteiger partial charge in [-0.3, -0.25) is 9.69 Å². The predicted octanol–water partition coefficient (Wildman–Crippen LogP) is 3.76. The lowest BCUT2D eigenvalue weighted by Crippen LogP contribution is -2.46. The molecule has 2 heterocycles. The summed E-state index contributed by atoms with van der Waals surface area (Å²) in [5.74, 6) is -1.73. The Balaban J connectivity index is 1.89. The molecule has 0 bridgehead atoms. The third-order valence-electron chi connectivity index (χ3n) is 6.09. The SMILES string of the molecule is CCN1CCCC1CN1C(=O)C(O)(c2ccccc2Cl)c2c(Cl)cc(C(=O)O)cc21. The largest absolute Gasteiger partial charge is 0.478 e. The molecule has 2 N–H and O–H groups in total. The monoisotopic (exact) mass is 448 g/mol. The van der Waals surface area contributed by atoms with Crippen molar-refractivity contribution in [2.45, 2.75) is 31.4 Å². The van der Waals surface area contributed by atoms with Crippen molar-refractivity contribution in [3.63, 3.8) is 0 Å². The second kappa shape index (κ2) is 7.85. The average Bonchev–Trinajstić information content (AvgIpc) is 3.25. The number of carboxylic acids is 1. The maximum absolute atomic E-state index is 13.6. The molecule has 2 aromatic rings. The Morgan fingerprint density at radius 3 is 2.63 bits per heavy atom. The number of aromatic carboxylic acids is 1. The summed E-state index contributed by atoms with van der Waals surface area (Å²) in [5, 5.41) is 21.5. The second-order valence-corrected chi connectivity index (χ2v) is 8.50. The first-order valence-electron chi connectivity index (χ1n) is 9.89. The van der Waals surface area contributed by atoms with E-state index in [0.717, 1.165) is 25.9 Å². The molecule has 1 saturated heterocycles. The van der Waals surface area contributed by atoms with Gasteiger partial charge in [0.05, 0.1) is 16.3 Å². The van der Waals surface area contributed by atoms with Gasteiger partial charge in [0.15, 0.2) is 5.60 Å². The van der Waals surface area contributed by atoms with Crippen LogP contribution in [0.5, 0.6) is 0 Å². The standard InChI is InChI=1S/C22H22Cl2N2O4/c1-2-25-9-5-6-14(25)12-26-18-11-13(20(27)28)10-17(24)19(18)22(30,21(26)29)15-7-3-4-8-16(15)23/h3-4,7-8,10-11,14,30H,2,5-6,9,12H2,1H3,(H,27,28). The van der Waals surface area contributed by atoms with E-state index in [2.05, 4.69) is 11.8 Å². The van der Waals surface area contributed by atoms with E-state index in [1.54, 1.807) is 24.3 Å². The highest BCUT2D eigenvalue weighted by molar-refractivity contribution is 6.35. The lowest BCUT2D eigenvalue weighted by molar-refractivity contribution is -0.132. The number of carboxylic acid groups (broad SMARTS) is 1. The van der Waals surface area contributed by atoms with Crippen molar-refractivity contribution in [1.82, 2.24) is 4.90 Å². The molecule has 0 spiro atoms. The summed E-state index contributed by atoms with van der Waals surface area (Å²) in [4.78, 5) is 29.0. The van der Waals surface area contributed by atoms with Crippen molar-refractivity contribution in [3.05, 3.63) is 63.1 Å². The molecule has 30 heavy (non-hydrogen) atoms. The number of anilines is 1. The predicted molar refractivity (Wildman–Crippen MR) is 115 cm³/mol. The highest BCUT2D eigenvalue weighted by Crippen LogP contribution is 2.50. The first-order valence-corrected chi connectivity index (χ1v) is 10.6. The lowest BCUT2D eigenvalue weighted by atomic mass is 9.87. The highest BCUT2D eigenvalue weighted by Gasteiger charge is 2.54. The van der Waals surface area contributed by atoms with Crippen LogP contribution in [0.15, 0.2) is 36.4 Å². The number of hydrogen-bond donors (Lipinski definition) is 2. The number of likely N-dealkylation sites (tertiary alicyclic amines) is 1. The Bertz CT molecular complexity index is 1030. The van der Waals surface area contributed by atoms with E-state index in [0.29, 0.717) is 12.2 Å². The van der Waals surface area contributed by atoms with Gasteiger partial charge < -0.3 is 15.1 Å². The Morgan fingerprint density at radius 2 is 1.97 bits per heavy atom. The van der Waals surface area contributed by atoms with Gasteiger partial charge in [0, 0.05) is 28.7 Å². The Morgan fingerprint density at radius 1 is 1.23 bits per heavy atom. The van der Waals surface area contributed by atoms with Gasteiger partial charge in [0.2, 0.25) is 0 Å². The molecule has 1 fully saturated rings. The van der Waals surface area contributed by atoms with Crippen LogP contribution in [0.1, 0.15) is 41.3 Å². The zero-order chi connectivity index (χ0) is 21.6. The summed E-state index contributed by atoms with van der Waals surface area (Å²) in [7, 11) is 0. The molecule has 0 aliphatic carbocycles. The summed E-state index contributed by atoms with van der Waals surface area (Å²) in [6, 6.07) is 9.36. The van der Waals surface area contributed by atoms with Gasteiger partial charge in [0.25, 0.3) is 5.91 Å². The minimum absolute atomic E-state index is 0.0157. The van der Waals surface area contributed by atoms with E-state index in [1.807, 2.05) is 0 Å². The van der Waals surface area contributed by atoms with Crippen molar-refractivity contribution in [1.29, 1.82) is 0 Å². The normalized spacial score (nSPS) is 23.8. The van der Waals surface area contributed by atoms with Crippen molar-refractivity contribution in [2.24, 2.45) is 0 Å². The average molecular weight is 449 g/mol. The molecule has 6 nitrogen and oxygen atoms in total. The molecule has 2 atom stereocenters. The molecule has 0 aromatic heterocycles. The number of aliphatic hydroxyl groups is 1. The number of carbonyl (C=O) groups is 2. The van der Waals surface area contributed by atoms with Crippen LogP contribution in [0.4, 0.5) is 5.69 Å². The highest BCUT2D eigenvalue weighted by atomic mass is 35.5. The Hall–Kier alpha value is -2.12. The molecule has 158 valence electrons. The van der Waals surface area contributed by atoms with E-state index < -0.39 is 17.5 Å². The Labute approximate surface area is 184 Å². The van der Waals surface area contributed by atoms with Crippen LogP contribution in [-0.2, 0) is 10.4 Å². The number of fused-ring (bicyclic) bond motifs is 1. The van der Waals surface area contributed by atoms with Gasteiger partial charge in [0.1, 0.15) is 0 Å². The van der Waals surface area contributed by atoms with E-state index in [1.165, 1.54) is 17.0 Å². The minimum Gasteiger partial charge on any atom is -0.478 e. The van der Waals surface area contributed by atoms with Crippen molar-refractivity contribution in [2.75, 3.05) is 24.5 Å². The maximum Gasteiger partial charge on any atom is 0.335 e. The van der Waals surface area contributed by atoms with Crippen LogP contribution in [-0.4, -0.2) is 52.7 Å². The van der Waals surface area contributed by atoms with Gasteiger partial charge >= 0.3 is 5.97 Å². The van der Waals surface area contributed by atoms with Gasteiger partial charge in [-0.1, -0.05) is 48.3 Å². The Kier molecular flexibility index (Phi) is 5.53.